The molecule has 0 rings (SSSR count). The van der Waals surface area contributed by atoms with Crippen LogP contribution in [0.25, 0.3) is 0 Å². The smallest absolute Gasteiger partial charge is 0.307 e. The number of nitrogens with one attached hydrogen (secondary N) is 2. The van der Waals surface area contributed by atoms with E-state index in [4.69, 9.17) is 5.26 Å². The quantitative estimate of drug-likeness (QED) is 0.298. The first-order valence-electron chi connectivity index (χ1n) is 5.76. The molecule has 6 nitrogen and oxygen atoms in total. The van der Waals surface area contributed by atoms with Crippen molar-refractivity contribution in [3.63, 3.8) is 0 Å². The molecule has 18 heavy (non-hydrogen) atoms. The summed E-state index contributed by atoms with van der Waals surface area (Å²) in [5.74, 6) is -0.768. The van der Waals surface area contributed by atoms with Crippen LogP contribution in [0.5, 0.6) is 0 Å². The lowest BCUT2D eigenvalue weighted by atomic mass is 10.2. The number of nitriles is 1. The van der Waals surface area contributed by atoms with E-state index in [2.05, 4.69) is 15.4 Å². The van der Waals surface area contributed by atoms with Gasteiger partial charge in [-0.3, -0.25) is 9.59 Å². The van der Waals surface area contributed by atoms with Gasteiger partial charge in [-0.2, -0.15) is 5.26 Å². The molecule has 0 radical (unpaired) electrons. The molecule has 0 spiro atoms. The van der Waals surface area contributed by atoms with Crippen LogP contribution in [0.4, 0.5) is 0 Å². The van der Waals surface area contributed by atoms with E-state index in [0.29, 0.717) is 6.54 Å². The molecule has 0 fully saturated rings. The molecular formula is C12H19N3O3. The zero-order valence-corrected chi connectivity index (χ0v) is 10.9. The molecule has 0 aromatic carbocycles. The lowest BCUT2D eigenvalue weighted by Gasteiger charge is -2.10. The fourth-order valence-corrected chi connectivity index (χ4v) is 1.00. The molecule has 100 valence electrons. The number of esters is 1. The minimum Gasteiger partial charge on any atom is -0.469 e. The van der Waals surface area contributed by atoms with Gasteiger partial charge in [-0.05, 0) is 13.3 Å². The van der Waals surface area contributed by atoms with Crippen LogP contribution in [0.1, 0.15) is 26.7 Å². The average Bonchev–Trinajstić information content (AvgIpc) is 2.37. The molecule has 6 heteroatoms. The van der Waals surface area contributed by atoms with E-state index >= 15 is 0 Å². The third-order valence-electron chi connectivity index (χ3n) is 2.30. The van der Waals surface area contributed by atoms with Gasteiger partial charge in [0, 0.05) is 18.8 Å². The molecule has 0 aliphatic heterocycles. The molecule has 0 aromatic heterocycles. The summed E-state index contributed by atoms with van der Waals surface area (Å²) in [6.45, 7) is 4.11. The Labute approximate surface area is 107 Å². The third kappa shape index (κ3) is 6.53. The molecule has 1 amide bonds. The fraction of sp³-hybridized carbons (Fsp3) is 0.583. The van der Waals surface area contributed by atoms with Gasteiger partial charge in [0.05, 0.1) is 13.5 Å². The SMILES string of the molecule is CCC(C)NC(=O)/C(C#N)=C\NCCC(=O)OC. The van der Waals surface area contributed by atoms with Gasteiger partial charge >= 0.3 is 5.97 Å². The van der Waals surface area contributed by atoms with Crippen LogP contribution in [0, 0.1) is 11.3 Å². The van der Waals surface area contributed by atoms with E-state index < -0.39 is 5.91 Å². The topological polar surface area (TPSA) is 91.2 Å². The van der Waals surface area contributed by atoms with Gasteiger partial charge in [0.15, 0.2) is 0 Å². The highest BCUT2D eigenvalue weighted by Crippen LogP contribution is 1.95. The molecular weight excluding hydrogens is 234 g/mol. The van der Waals surface area contributed by atoms with Gasteiger partial charge in [-0.1, -0.05) is 6.92 Å². The van der Waals surface area contributed by atoms with E-state index in [9.17, 15) is 9.59 Å². The van der Waals surface area contributed by atoms with Crippen molar-refractivity contribution in [3.8, 4) is 6.07 Å². The number of carbonyl (C=O) groups excluding carboxylic acids is 2. The third-order valence-corrected chi connectivity index (χ3v) is 2.30. The van der Waals surface area contributed by atoms with E-state index in [-0.39, 0.29) is 24.0 Å². The summed E-state index contributed by atoms with van der Waals surface area (Å²) in [4.78, 5) is 22.4. The van der Waals surface area contributed by atoms with E-state index in [1.165, 1.54) is 13.3 Å². The molecule has 0 heterocycles. The normalized spacial score (nSPS) is 12.2. The van der Waals surface area contributed by atoms with Crippen molar-refractivity contribution in [3.05, 3.63) is 11.8 Å². The number of hydrogen-bond donors (Lipinski definition) is 2. The number of nitrogens with zero attached hydrogens (tertiary/aromatic N) is 1. The van der Waals surface area contributed by atoms with E-state index in [1.54, 1.807) is 6.07 Å². The highest BCUT2D eigenvalue weighted by molar-refractivity contribution is 5.97. The molecule has 0 aliphatic carbocycles. The summed E-state index contributed by atoms with van der Waals surface area (Å²) in [6.07, 6.45) is 2.28. The molecule has 1 atom stereocenters. The zero-order chi connectivity index (χ0) is 14.0. The lowest BCUT2D eigenvalue weighted by molar-refractivity contribution is -0.140. The number of methoxy groups -OCH3 is 1. The van der Waals surface area contributed by atoms with Gasteiger partial charge < -0.3 is 15.4 Å². The standard InChI is InChI=1S/C12H19N3O3/c1-4-9(2)15-12(17)10(7-13)8-14-6-5-11(16)18-3/h8-9,14H,4-6H2,1-3H3,(H,15,17)/b10-8-. The molecule has 0 aromatic rings. The minimum absolute atomic E-state index is 0.0137. The molecule has 2 N–H and O–H groups in total. The minimum atomic E-state index is -0.419. The number of amides is 1. The van der Waals surface area contributed by atoms with Gasteiger partial charge in [-0.15, -0.1) is 0 Å². The van der Waals surface area contributed by atoms with Crippen molar-refractivity contribution in [2.24, 2.45) is 0 Å². The van der Waals surface area contributed by atoms with E-state index in [1.807, 2.05) is 13.8 Å². The molecule has 1 unspecified atom stereocenters. The van der Waals surface area contributed by atoms with E-state index in [0.717, 1.165) is 6.42 Å². The predicted molar refractivity (Wildman–Crippen MR) is 66.2 cm³/mol. The Morgan fingerprint density at radius 1 is 1.50 bits per heavy atom. The van der Waals surface area contributed by atoms with Crippen molar-refractivity contribution in [2.45, 2.75) is 32.7 Å². The number of ether oxygens (including phenoxy) is 1. The van der Waals surface area contributed by atoms with Gasteiger partial charge in [0.1, 0.15) is 11.6 Å². The summed E-state index contributed by atoms with van der Waals surface area (Å²) in [5.41, 5.74) is -0.0137. The molecule has 0 bridgehead atoms. The van der Waals surface area contributed by atoms with Crippen LogP contribution in [0.15, 0.2) is 11.8 Å². The van der Waals surface area contributed by atoms with Gasteiger partial charge in [0.2, 0.25) is 0 Å². The Kier molecular flexibility index (Phi) is 8.03. The Morgan fingerprint density at radius 2 is 2.17 bits per heavy atom. The maximum atomic E-state index is 11.6. The van der Waals surface area contributed by atoms with Crippen molar-refractivity contribution in [2.75, 3.05) is 13.7 Å². The lowest BCUT2D eigenvalue weighted by Crippen LogP contribution is -2.33. The van der Waals surface area contributed by atoms with Crippen molar-refractivity contribution in [1.29, 1.82) is 5.26 Å². The number of carbonyl (C=O) groups is 2. The van der Waals surface area contributed by atoms with Crippen LogP contribution in [-0.4, -0.2) is 31.6 Å². The largest absolute Gasteiger partial charge is 0.469 e. The van der Waals surface area contributed by atoms with Crippen molar-refractivity contribution in [1.82, 2.24) is 10.6 Å². The van der Waals surface area contributed by atoms with Crippen molar-refractivity contribution >= 4 is 11.9 Å². The summed E-state index contributed by atoms with van der Waals surface area (Å²) in [7, 11) is 1.30. The number of hydrogen-bond acceptors (Lipinski definition) is 5. The van der Waals surface area contributed by atoms with Gasteiger partial charge in [-0.25, -0.2) is 0 Å². The summed E-state index contributed by atoms with van der Waals surface area (Å²) >= 11 is 0. The summed E-state index contributed by atoms with van der Waals surface area (Å²) in [6, 6.07) is 1.82. The first-order chi connectivity index (χ1) is 8.54. The molecule has 0 saturated heterocycles. The average molecular weight is 253 g/mol. The first-order valence-corrected chi connectivity index (χ1v) is 5.76. The van der Waals surface area contributed by atoms with Crippen LogP contribution in [0.2, 0.25) is 0 Å². The number of rotatable bonds is 7. The monoisotopic (exact) mass is 253 g/mol. The first kappa shape index (κ1) is 16.0. The Balaban J connectivity index is 4.20. The maximum Gasteiger partial charge on any atom is 0.307 e. The Hall–Kier alpha value is -2.03. The second kappa shape index (κ2) is 9.05. The second-order valence-corrected chi connectivity index (χ2v) is 3.73. The van der Waals surface area contributed by atoms with Gasteiger partial charge in [0.25, 0.3) is 5.91 Å². The highest BCUT2D eigenvalue weighted by atomic mass is 16.5. The van der Waals surface area contributed by atoms with Crippen LogP contribution in [0.3, 0.4) is 0 Å². The van der Waals surface area contributed by atoms with Crippen molar-refractivity contribution < 1.29 is 14.3 Å². The van der Waals surface area contributed by atoms with Crippen LogP contribution >= 0.6 is 0 Å². The highest BCUT2D eigenvalue weighted by Gasteiger charge is 2.10. The fourth-order valence-electron chi connectivity index (χ4n) is 1.00. The summed E-state index contributed by atoms with van der Waals surface area (Å²) < 4.78 is 4.45. The summed E-state index contributed by atoms with van der Waals surface area (Å²) in [5, 5.41) is 14.2. The predicted octanol–water partition coefficient (Wildman–Crippen LogP) is 0.461. The maximum absolute atomic E-state index is 11.6. The van der Waals surface area contributed by atoms with Crippen LogP contribution < -0.4 is 10.6 Å². The zero-order valence-electron chi connectivity index (χ0n) is 10.9. The second-order valence-electron chi connectivity index (χ2n) is 3.73. The molecule has 0 aliphatic rings. The Morgan fingerprint density at radius 3 is 2.67 bits per heavy atom. The Bertz CT molecular complexity index is 358. The van der Waals surface area contributed by atoms with Crippen LogP contribution in [-0.2, 0) is 14.3 Å². The molecule has 0 saturated carbocycles.